The SMILES string of the molecule is O=C(NCCC(c1ccccc1)c1ccccc1)N[C@H]1CCS(=O)(=O)C1. The molecule has 3 rings (SSSR count). The Hall–Kier alpha value is -2.34. The van der Waals surface area contributed by atoms with Gasteiger partial charge in [-0.3, -0.25) is 0 Å². The van der Waals surface area contributed by atoms with Crippen molar-refractivity contribution < 1.29 is 13.2 Å². The lowest BCUT2D eigenvalue weighted by atomic mass is 9.88. The number of urea groups is 1. The van der Waals surface area contributed by atoms with Crippen LogP contribution in [0.5, 0.6) is 0 Å². The van der Waals surface area contributed by atoms with Gasteiger partial charge in [0, 0.05) is 18.5 Å². The molecule has 2 aromatic carbocycles. The highest BCUT2D eigenvalue weighted by atomic mass is 32.2. The molecule has 0 unspecified atom stereocenters. The van der Waals surface area contributed by atoms with Gasteiger partial charge in [-0.2, -0.15) is 0 Å². The van der Waals surface area contributed by atoms with Crippen LogP contribution in [0.25, 0.3) is 0 Å². The largest absolute Gasteiger partial charge is 0.338 e. The molecule has 0 saturated carbocycles. The molecule has 6 heteroatoms. The van der Waals surface area contributed by atoms with Gasteiger partial charge in [0.1, 0.15) is 0 Å². The van der Waals surface area contributed by atoms with Gasteiger partial charge < -0.3 is 10.6 Å². The fourth-order valence-corrected chi connectivity index (χ4v) is 5.05. The Labute approximate surface area is 154 Å². The molecule has 1 heterocycles. The summed E-state index contributed by atoms with van der Waals surface area (Å²) in [4.78, 5) is 12.0. The number of benzene rings is 2. The van der Waals surface area contributed by atoms with Crippen LogP contribution in [0, 0.1) is 0 Å². The molecule has 1 fully saturated rings. The first-order valence-corrected chi connectivity index (χ1v) is 10.7. The van der Waals surface area contributed by atoms with Crippen molar-refractivity contribution in [1.82, 2.24) is 10.6 Å². The van der Waals surface area contributed by atoms with Gasteiger partial charge in [0.15, 0.2) is 9.84 Å². The monoisotopic (exact) mass is 372 g/mol. The molecule has 1 saturated heterocycles. The molecule has 138 valence electrons. The molecule has 26 heavy (non-hydrogen) atoms. The van der Waals surface area contributed by atoms with Gasteiger partial charge in [0.2, 0.25) is 0 Å². The summed E-state index contributed by atoms with van der Waals surface area (Å²) in [5.41, 5.74) is 2.42. The van der Waals surface area contributed by atoms with E-state index in [1.165, 1.54) is 11.1 Å². The normalized spacial score (nSPS) is 18.6. The summed E-state index contributed by atoms with van der Waals surface area (Å²) in [5.74, 6) is 0.392. The van der Waals surface area contributed by atoms with Crippen molar-refractivity contribution in [3.05, 3.63) is 71.8 Å². The van der Waals surface area contributed by atoms with Crippen LogP contribution in [0.2, 0.25) is 0 Å². The number of carbonyl (C=O) groups excluding carboxylic acids is 1. The fraction of sp³-hybridized carbons (Fsp3) is 0.350. The molecule has 0 spiro atoms. The van der Waals surface area contributed by atoms with Gasteiger partial charge in [0.05, 0.1) is 11.5 Å². The van der Waals surface area contributed by atoms with Crippen molar-refractivity contribution in [2.45, 2.75) is 24.8 Å². The molecule has 0 radical (unpaired) electrons. The Bertz CT molecular complexity index is 783. The second kappa shape index (κ2) is 8.36. The topological polar surface area (TPSA) is 75.3 Å². The summed E-state index contributed by atoms with van der Waals surface area (Å²) in [7, 11) is -2.99. The van der Waals surface area contributed by atoms with Gasteiger partial charge in [-0.25, -0.2) is 13.2 Å². The van der Waals surface area contributed by atoms with E-state index >= 15 is 0 Å². The third-order valence-corrected chi connectivity index (χ3v) is 6.46. The van der Waals surface area contributed by atoms with E-state index in [2.05, 4.69) is 34.9 Å². The number of carbonyl (C=O) groups is 1. The summed E-state index contributed by atoms with van der Waals surface area (Å²) in [6.07, 6.45) is 1.26. The average Bonchev–Trinajstić information content (AvgIpc) is 2.98. The zero-order valence-electron chi connectivity index (χ0n) is 14.6. The smallest absolute Gasteiger partial charge is 0.315 e. The summed E-state index contributed by atoms with van der Waals surface area (Å²) in [6.45, 7) is 0.514. The zero-order valence-corrected chi connectivity index (χ0v) is 15.4. The maximum Gasteiger partial charge on any atom is 0.315 e. The van der Waals surface area contributed by atoms with Gasteiger partial charge in [-0.05, 0) is 24.0 Å². The molecule has 2 amide bonds. The Morgan fingerprint density at radius 1 is 1.00 bits per heavy atom. The highest BCUT2D eigenvalue weighted by Crippen LogP contribution is 2.27. The molecule has 2 aromatic rings. The van der Waals surface area contributed by atoms with E-state index in [1.807, 2.05) is 36.4 Å². The zero-order chi connectivity index (χ0) is 18.4. The van der Waals surface area contributed by atoms with Gasteiger partial charge >= 0.3 is 6.03 Å². The van der Waals surface area contributed by atoms with Crippen LogP contribution in [0.3, 0.4) is 0 Å². The van der Waals surface area contributed by atoms with Crippen LogP contribution in [-0.2, 0) is 9.84 Å². The van der Waals surface area contributed by atoms with E-state index in [1.54, 1.807) is 0 Å². The second-order valence-corrected chi connectivity index (χ2v) is 8.89. The number of sulfone groups is 1. The highest BCUT2D eigenvalue weighted by molar-refractivity contribution is 7.91. The number of hydrogen-bond acceptors (Lipinski definition) is 3. The van der Waals surface area contributed by atoms with E-state index in [0.29, 0.717) is 13.0 Å². The van der Waals surface area contributed by atoms with Gasteiger partial charge in [0.25, 0.3) is 0 Å². The van der Waals surface area contributed by atoms with Crippen LogP contribution < -0.4 is 10.6 Å². The molecular formula is C20H24N2O3S. The first-order valence-electron chi connectivity index (χ1n) is 8.88. The maximum absolute atomic E-state index is 12.0. The average molecular weight is 372 g/mol. The van der Waals surface area contributed by atoms with E-state index in [-0.39, 0.29) is 29.5 Å². The number of rotatable bonds is 6. The highest BCUT2D eigenvalue weighted by Gasteiger charge is 2.28. The van der Waals surface area contributed by atoms with E-state index in [9.17, 15) is 13.2 Å². The number of amides is 2. The second-order valence-electron chi connectivity index (χ2n) is 6.66. The molecule has 0 aromatic heterocycles. The van der Waals surface area contributed by atoms with Crippen LogP contribution in [0.4, 0.5) is 4.79 Å². The lowest BCUT2D eigenvalue weighted by Crippen LogP contribution is -2.43. The first-order chi connectivity index (χ1) is 12.5. The molecule has 0 bridgehead atoms. The van der Waals surface area contributed by atoms with E-state index < -0.39 is 9.84 Å². The Morgan fingerprint density at radius 3 is 2.08 bits per heavy atom. The maximum atomic E-state index is 12.0. The molecule has 0 aliphatic carbocycles. The van der Waals surface area contributed by atoms with Crippen molar-refractivity contribution in [2.75, 3.05) is 18.1 Å². The van der Waals surface area contributed by atoms with Crippen molar-refractivity contribution in [3.8, 4) is 0 Å². The minimum Gasteiger partial charge on any atom is -0.338 e. The number of nitrogens with one attached hydrogen (secondary N) is 2. The van der Waals surface area contributed by atoms with E-state index in [0.717, 1.165) is 6.42 Å². The third kappa shape index (κ3) is 5.08. The van der Waals surface area contributed by atoms with Crippen molar-refractivity contribution >= 4 is 15.9 Å². The third-order valence-electron chi connectivity index (χ3n) is 4.69. The minimum atomic E-state index is -2.99. The van der Waals surface area contributed by atoms with Gasteiger partial charge in [-0.15, -0.1) is 0 Å². The summed E-state index contributed by atoms with van der Waals surface area (Å²) in [5, 5.41) is 5.62. The summed E-state index contributed by atoms with van der Waals surface area (Å²) in [6, 6.07) is 19.9. The van der Waals surface area contributed by atoms with Crippen LogP contribution in [-0.4, -0.2) is 38.5 Å². The van der Waals surface area contributed by atoms with Crippen LogP contribution in [0.15, 0.2) is 60.7 Å². The molecule has 2 N–H and O–H groups in total. The lowest BCUT2D eigenvalue weighted by Gasteiger charge is -2.19. The minimum absolute atomic E-state index is 0.0388. The predicted molar refractivity (Wildman–Crippen MR) is 103 cm³/mol. The van der Waals surface area contributed by atoms with Crippen molar-refractivity contribution in [2.24, 2.45) is 0 Å². The fourth-order valence-electron chi connectivity index (χ4n) is 3.37. The summed E-state index contributed by atoms with van der Waals surface area (Å²) >= 11 is 0. The molecule has 5 nitrogen and oxygen atoms in total. The van der Waals surface area contributed by atoms with Crippen LogP contribution in [0.1, 0.15) is 29.9 Å². The van der Waals surface area contributed by atoms with Gasteiger partial charge in [-0.1, -0.05) is 60.7 Å². The summed E-state index contributed by atoms with van der Waals surface area (Å²) < 4.78 is 22.9. The predicted octanol–water partition coefficient (Wildman–Crippen LogP) is 2.69. The molecular weight excluding hydrogens is 348 g/mol. The quantitative estimate of drug-likeness (QED) is 0.819. The number of hydrogen-bond donors (Lipinski definition) is 2. The Balaban J connectivity index is 1.56. The standard InChI is InChI=1S/C20H24N2O3S/c23-20(22-18-12-14-26(24,25)15-18)21-13-11-19(16-7-3-1-4-8-16)17-9-5-2-6-10-17/h1-10,18-19H,11-15H2,(H2,21,22,23)/t18-/m0/s1. The molecule has 1 atom stereocenters. The lowest BCUT2D eigenvalue weighted by molar-refractivity contribution is 0.237. The molecule has 1 aliphatic rings. The first kappa shape index (κ1) is 18.5. The molecule has 1 aliphatic heterocycles. The van der Waals surface area contributed by atoms with E-state index in [4.69, 9.17) is 0 Å². The Morgan fingerprint density at radius 2 is 1.58 bits per heavy atom. The van der Waals surface area contributed by atoms with Crippen LogP contribution >= 0.6 is 0 Å². The van der Waals surface area contributed by atoms with Crippen molar-refractivity contribution in [3.63, 3.8) is 0 Å². The van der Waals surface area contributed by atoms with Crippen molar-refractivity contribution in [1.29, 1.82) is 0 Å². The Kier molecular flexibility index (Phi) is 5.93.